The summed E-state index contributed by atoms with van der Waals surface area (Å²) in [6.07, 6.45) is -3.98. The first kappa shape index (κ1) is 29.9. The number of rotatable bonds is 11. The highest BCUT2D eigenvalue weighted by Crippen LogP contribution is 2.66. The number of aliphatic hydroxyl groups excluding tert-OH is 2. The lowest BCUT2D eigenvalue weighted by molar-refractivity contribution is -0.0798. The number of aromatic nitrogens is 4. The lowest BCUT2D eigenvalue weighted by Crippen LogP contribution is -2.39. The van der Waals surface area contributed by atoms with Crippen LogP contribution in [0.4, 0.5) is 0 Å². The summed E-state index contributed by atoms with van der Waals surface area (Å²) in [4.78, 5) is 59.0. The van der Waals surface area contributed by atoms with Gasteiger partial charge >= 0.3 is 23.5 Å². The smallest absolute Gasteiger partial charge is 0.387 e. The SMILES string of the molecule is CCC(C)=CCC(OP(=O)(O)OP(=O)(O)OP(=O)(O)O)[C@H]1O[C@@H](n2cnc3c(=O)[nH]cnc32)[C@H](O)[C@@H]1O. The summed E-state index contributed by atoms with van der Waals surface area (Å²) in [6.45, 7) is 3.52. The number of H-pyrrole nitrogens is 1. The molecule has 0 saturated carbocycles. The van der Waals surface area contributed by atoms with E-state index < -0.39 is 59.7 Å². The number of ether oxygens (including phenoxy) is 1. The molecule has 0 bridgehead atoms. The van der Waals surface area contributed by atoms with Crippen molar-refractivity contribution in [3.63, 3.8) is 0 Å². The van der Waals surface area contributed by atoms with E-state index in [0.29, 0.717) is 6.42 Å². The molecule has 2 aromatic heterocycles. The summed E-state index contributed by atoms with van der Waals surface area (Å²) in [5.41, 5.74) is 0.0852. The molecule has 21 heteroatoms. The molecule has 7 N–H and O–H groups in total. The first-order valence-corrected chi connectivity index (χ1v) is 15.0. The van der Waals surface area contributed by atoms with Crippen LogP contribution in [0.15, 0.2) is 29.1 Å². The topological polar surface area (TPSA) is 273 Å². The summed E-state index contributed by atoms with van der Waals surface area (Å²) >= 11 is 0. The van der Waals surface area contributed by atoms with Crippen LogP contribution in [-0.4, -0.2) is 73.7 Å². The molecular weight excluding hydrogens is 565 g/mol. The molecule has 3 rings (SSSR count). The molecule has 0 aromatic carbocycles. The number of phosphoric ester groups is 1. The van der Waals surface area contributed by atoms with E-state index in [1.54, 1.807) is 13.0 Å². The van der Waals surface area contributed by atoms with E-state index in [1.165, 1.54) is 0 Å². The van der Waals surface area contributed by atoms with Gasteiger partial charge in [-0.15, -0.1) is 0 Å². The number of imidazole rings is 1. The van der Waals surface area contributed by atoms with Gasteiger partial charge in [0.15, 0.2) is 17.4 Å². The maximum absolute atomic E-state index is 12.5. The van der Waals surface area contributed by atoms with Crippen molar-refractivity contribution in [2.24, 2.45) is 0 Å². The Morgan fingerprint density at radius 1 is 1.16 bits per heavy atom. The number of aromatic amines is 1. The monoisotopic (exact) mass is 590 g/mol. The van der Waals surface area contributed by atoms with Crippen LogP contribution in [0.25, 0.3) is 11.2 Å². The zero-order chi connectivity index (χ0) is 27.8. The van der Waals surface area contributed by atoms with Crippen molar-refractivity contribution in [1.82, 2.24) is 19.5 Å². The van der Waals surface area contributed by atoms with Gasteiger partial charge in [-0.1, -0.05) is 18.6 Å². The number of phosphoric acid groups is 3. The number of hydrogen-bond donors (Lipinski definition) is 7. The second-order valence-corrected chi connectivity index (χ2v) is 12.3. The molecule has 208 valence electrons. The van der Waals surface area contributed by atoms with Crippen LogP contribution in [0.3, 0.4) is 0 Å². The summed E-state index contributed by atoms with van der Waals surface area (Å²) in [5.74, 6) is 0. The number of allylic oxidation sites excluding steroid dienone is 1. The van der Waals surface area contributed by atoms with E-state index in [4.69, 9.17) is 19.0 Å². The lowest BCUT2D eigenvalue weighted by Gasteiger charge is -2.27. The molecule has 7 atom stereocenters. The van der Waals surface area contributed by atoms with Crippen molar-refractivity contribution < 1.29 is 61.4 Å². The Morgan fingerprint density at radius 2 is 1.84 bits per heavy atom. The summed E-state index contributed by atoms with van der Waals surface area (Å²) < 4.78 is 54.3. The first-order chi connectivity index (χ1) is 17.0. The molecular formula is C16H25N4O14P3. The minimum absolute atomic E-state index is 0.00758. The first-order valence-electron chi connectivity index (χ1n) is 10.4. The highest BCUT2D eigenvalue weighted by atomic mass is 31.3. The van der Waals surface area contributed by atoms with E-state index in [2.05, 4.69) is 23.6 Å². The van der Waals surface area contributed by atoms with Crippen LogP contribution in [0.2, 0.25) is 0 Å². The number of nitrogens with one attached hydrogen (secondary N) is 1. The van der Waals surface area contributed by atoms with Gasteiger partial charge in [-0.2, -0.15) is 8.62 Å². The summed E-state index contributed by atoms with van der Waals surface area (Å²) in [7, 11) is -17.0. The number of nitrogens with zero attached hydrogens (tertiary/aromatic N) is 3. The Bertz CT molecular complexity index is 1350. The zero-order valence-corrected chi connectivity index (χ0v) is 21.8. The molecule has 1 fully saturated rings. The molecule has 2 aromatic rings. The van der Waals surface area contributed by atoms with Gasteiger partial charge in [0.1, 0.15) is 24.4 Å². The fraction of sp³-hybridized carbons (Fsp3) is 0.562. The molecule has 0 radical (unpaired) electrons. The third-order valence-electron chi connectivity index (χ3n) is 5.22. The second-order valence-electron chi connectivity index (χ2n) is 7.90. The second kappa shape index (κ2) is 11.2. The van der Waals surface area contributed by atoms with Crippen LogP contribution in [-0.2, 0) is 31.6 Å². The van der Waals surface area contributed by atoms with Gasteiger partial charge in [0.2, 0.25) is 0 Å². The lowest BCUT2D eigenvalue weighted by atomic mass is 10.0. The highest BCUT2D eigenvalue weighted by Gasteiger charge is 2.50. The Balaban J connectivity index is 1.90. The molecule has 3 unspecified atom stereocenters. The van der Waals surface area contributed by atoms with E-state index in [-0.39, 0.29) is 17.6 Å². The van der Waals surface area contributed by atoms with E-state index in [9.17, 15) is 38.5 Å². The van der Waals surface area contributed by atoms with Crippen LogP contribution in [0.5, 0.6) is 0 Å². The molecule has 1 aliphatic rings. The Morgan fingerprint density at radius 3 is 2.46 bits per heavy atom. The molecule has 0 aliphatic carbocycles. The average Bonchev–Trinajstić information content (AvgIpc) is 3.30. The molecule has 3 heterocycles. The fourth-order valence-electron chi connectivity index (χ4n) is 3.44. The van der Waals surface area contributed by atoms with Gasteiger partial charge < -0.3 is 39.5 Å². The zero-order valence-electron chi connectivity index (χ0n) is 19.2. The molecule has 1 saturated heterocycles. The third kappa shape index (κ3) is 7.49. The van der Waals surface area contributed by atoms with Crippen LogP contribution in [0, 0.1) is 0 Å². The van der Waals surface area contributed by atoms with Crippen molar-refractivity contribution in [3.05, 3.63) is 34.7 Å². The average molecular weight is 590 g/mol. The third-order valence-corrected chi connectivity index (χ3v) is 9.09. The Kier molecular flexibility index (Phi) is 9.09. The maximum Gasteiger partial charge on any atom is 0.490 e. The number of aliphatic hydroxyl groups is 2. The van der Waals surface area contributed by atoms with Gasteiger partial charge in [0, 0.05) is 0 Å². The highest BCUT2D eigenvalue weighted by molar-refractivity contribution is 7.66. The minimum atomic E-state index is -5.80. The van der Waals surface area contributed by atoms with Gasteiger partial charge in [-0.25, -0.2) is 23.7 Å². The fourth-order valence-corrected chi connectivity index (χ4v) is 6.65. The van der Waals surface area contributed by atoms with Crippen molar-refractivity contribution in [3.8, 4) is 0 Å². The van der Waals surface area contributed by atoms with E-state index in [0.717, 1.165) is 22.8 Å². The molecule has 1 aliphatic heterocycles. The summed E-state index contributed by atoms with van der Waals surface area (Å²) in [6, 6.07) is 0. The van der Waals surface area contributed by atoms with Crippen molar-refractivity contribution in [2.75, 3.05) is 0 Å². The number of fused-ring (bicyclic) bond motifs is 1. The van der Waals surface area contributed by atoms with Gasteiger partial charge in [-0.05, 0) is 19.8 Å². The predicted molar refractivity (Wildman–Crippen MR) is 121 cm³/mol. The molecule has 0 amide bonds. The maximum atomic E-state index is 12.5. The van der Waals surface area contributed by atoms with Crippen LogP contribution < -0.4 is 5.56 Å². The van der Waals surface area contributed by atoms with Crippen molar-refractivity contribution in [2.45, 2.75) is 57.3 Å². The standard InChI is InChI=1S/C16H25N4O14P3/c1-3-8(2)4-5-9(32-36(27,28)34-37(29,30)33-35(24,25)26)13-11(21)12(22)16(31-13)20-7-19-10-14(20)17-6-18-15(10)23/h4,6-7,9,11-13,16,21-22H,3,5H2,1-2H3,(H,27,28)(H,29,30)(H,17,18,23)(H2,24,25,26)/t9?,11-,12+,13+,16+/m0/s1. The molecule has 18 nitrogen and oxygen atoms in total. The van der Waals surface area contributed by atoms with Gasteiger partial charge in [0.25, 0.3) is 5.56 Å². The number of hydrogen-bond acceptors (Lipinski definition) is 12. The van der Waals surface area contributed by atoms with Gasteiger partial charge in [-0.3, -0.25) is 13.9 Å². The van der Waals surface area contributed by atoms with E-state index in [1.807, 2.05) is 6.92 Å². The predicted octanol–water partition coefficient (Wildman–Crippen LogP) is 0.197. The normalized spacial score (nSPS) is 27.2. The van der Waals surface area contributed by atoms with Crippen molar-refractivity contribution in [1.29, 1.82) is 0 Å². The van der Waals surface area contributed by atoms with E-state index >= 15 is 0 Å². The largest absolute Gasteiger partial charge is 0.490 e. The Hall–Kier alpha value is -1.62. The Labute approximate surface area is 208 Å². The van der Waals surface area contributed by atoms with Crippen LogP contribution >= 0.6 is 23.5 Å². The quantitative estimate of drug-likeness (QED) is 0.136. The van der Waals surface area contributed by atoms with Crippen LogP contribution in [0.1, 0.15) is 32.9 Å². The minimum Gasteiger partial charge on any atom is -0.387 e. The van der Waals surface area contributed by atoms with Gasteiger partial charge in [0.05, 0.1) is 12.7 Å². The molecule has 0 spiro atoms. The van der Waals surface area contributed by atoms with Crippen molar-refractivity contribution >= 4 is 34.6 Å². The summed E-state index contributed by atoms with van der Waals surface area (Å²) in [5, 5.41) is 21.3. The molecule has 37 heavy (non-hydrogen) atoms.